The highest BCUT2D eigenvalue weighted by Crippen LogP contribution is 2.32. The molecule has 2 aromatic rings. The Morgan fingerprint density at radius 1 is 0.714 bits per heavy atom. The third kappa shape index (κ3) is 6.64. The number of nitrogens with zero attached hydrogens (tertiary/aromatic N) is 1. The van der Waals surface area contributed by atoms with Gasteiger partial charge in [0.1, 0.15) is 6.04 Å². The lowest BCUT2D eigenvalue weighted by atomic mass is 10.0. The molecule has 2 unspecified atom stereocenters. The molecule has 2 saturated heterocycles. The number of halogens is 3. The van der Waals surface area contributed by atoms with Crippen LogP contribution in [0.4, 0.5) is 0 Å². The topological polar surface area (TPSA) is 199 Å². The third-order valence-corrected chi connectivity index (χ3v) is 7.64. The van der Waals surface area contributed by atoms with Crippen LogP contribution < -0.4 is 16.4 Å². The summed E-state index contributed by atoms with van der Waals surface area (Å²) in [4.78, 5) is 91.5. The minimum absolute atomic E-state index is 0. The van der Waals surface area contributed by atoms with E-state index in [0.29, 0.717) is 32.9 Å². The summed E-state index contributed by atoms with van der Waals surface area (Å²) in [6.07, 6.45) is 1.12. The molecule has 2 atom stereocenters. The van der Waals surface area contributed by atoms with Crippen molar-refractivity contribution < 1.29 is 43.1 Å². The largest absolute Gasteiger partial charge is 0.386 e. The summed E-state index contributed by atoms with van der Waals surface area (Å²) >= 11 is 6.40. The van der Waals surface area contributed by atoms with E-state index in [2.05, 4.69) is 47.2 Å². The van der Waals surface area contributed by atoms with Crippen molar-refractivity contribution in [2.75, 3.05) is 0 Å². The summed E-state index contributed by atoms with van der Waals surface area (Å²) in [5, 5.41) is 4.28. The Bertz CT molecular complexity index is 1550. The van der Waals surface area contributed by atoms with E-state index in [1.165, 1.54) is 0 Å². The number of carbonyl (C=O) groups excluding carboxylic acids is 8. The van der Waals surface area contributed by atoms with Gasteiger partial charge in [0.15, 0.2) is 0 Å². The standard InChI is InChI=1S/C13H9BrN2O4.C8H3BrO3.C5H8N2O2.ClH/c14-7-3-1-2-6-10(7)13(20)16(12(6)19)8-4-5-9(17)15-11(8)18;9-5-3-1-2-4-6(5)8(11)12-7(4)10;6-3-1-2-4(8)7-5(3)9;/h1-3,8H,4-5H2,(H,15,17,18);1-3H;3H,1-2,6H2,(H,7,8,9);1H. The molecule has 4 heterocycles. The van der Waals surface area contributed by atoms with Crippen LogP contribution in [0.25, 0.3) is 0 Å². The molecule has 2 aromatic carbocycles. The molecule has 6 rings (SSSR count). The van der Waals surface area contributed by atoms with Gasteiger partial charge in [-0.1, -0.05) is 12.1 Å². The molecule has 13 nitrogen and oxygen atoms in total. The summed E-state index contributed by atoms with van der Waals surface area (Å²) in [6.45, 7) is 0. The Labute approximate surface area is 260 Å². The monoisotopic (exact) mass is 726 g/mol. The highest BCUT2D eigenvalue weighted by Gasteiger charge is 2.45. The van der Waals surface area contributed by atoms with Crippen molar-refractivity contribution in [3.05, 3.63) is 67.6 Å². The summed E-state index contributed by atoms with van der Waals surface area (Å²) in [5.41, 5.74) is 6.46. The van der Waals surface area contributed by atoms with Crippen LogP contribution >= 0.6 is 44.3 Å². The molecule has 4 aliphatic rings. The molecule has 6 amide bonds. The lowest BCUT2D eigenvalue weighted by Crippen LogP contribution is -2.54. The lowest BCUT2D eigenvalue weighted by Gasteiger charge is -2.27. The van der Waals surface area contributed by atoms with Crippen LogP contribution in [-0.2, 0) is 23.9 Å². The minimum Gasteiger partial charge on any atom is -0.386 e. The number of hydrogen-bond acceptors (Lipinski definition) is 10. The molecule has 0 aromatic heterocycles. The maximum atomic E-state index is 12.4. The summed E-state index contributed by atoms with van der Waals surface area (Å²) in [6, 6.07) is 8.40. The molecule has 4 N–H and O–H groups in total. The number of ether oxygens (including phenoxy) is 1. The van der Waals surface area contributed by atoms with Crippen LogP contribution in [-0.4, -0.2) is 64.4 Å². The molecule has 4 aliphatic heterocycles. The smallest absolute Gasteiger partial charge is 0.348 e. The minimum atomic E-state index is -0.924. The number of nitrogens with one attached hydrogen (secondary N) is 2. The van der Waals surface area contributed by atoms with Crippen LogP contribution in [0.1, 0.15) is 67.1 Å². The highest BCUT2D eigenvalue weighted by molar-refractivity contribution is 9.10. The number of rotatable bonds is 1. The van der Waals surface area contributed by atoms with Crippen molar-refractivity contribution in [1.29, 1.82) is 0 Å². The van der Waals surface area contributed by atoms with Crippen LogP contribution in [0.2, 0.25) is 0 Å². The highest BCUT2D eigenvalue weighted by atomic mass is 79.9. The van der Waals surface area contributed by atoms with Gasteiger partial charge in [0.05, 0.1) is 28.3 Å². The molecule has 16 heteroatoms. The van der Waals surface area contributed by atoms with Gasteiger partial charge >= 0.3 is 11.9 Å². The fourth-order valence-corrected chi connectivity index (χ4v) is 5.34. The second-order valence-electron chi connectivity index (χ2n) is 9.01. The van der Waals surface area contributed by atoms with E-state index in [-0.39, 0.29) is 54.1 Å². The number of benzene rings is 2. The average Bonchev–Trinajstić information content (AvgIpc) is 3.35. The fourth-order valence-electron chi connectivity index (χ4n) is 4.28. The maximum absolute atomic E-state index is 12.4. The number of hydrogen-bond donors (Lipinski definition) is 3. The van der Waals surface area contributed by atoms with Crippen molar-refractivity contribution in [1.82, 2.24) is 15.5 Å². The van der Waals surface area contributed by atoms with Crippen LogP contribution in [0, 0.1) is 0 Å². The van der Waals surface area contributed by atoms with Crippen molar-refractivity contribution in [2.45, 2.75) is 37.8 Å². The number of imide groups is 3. The second kappa shape index (κ2) is 13.5. The summed E-state index contributed by atoms with van der Waals surface area (Å²) < 4.78 is 5.51. The van der Waals surface area contributed by atoms with E-state index in [4.69, 9.17) is 5.73 Å². The number of piperidine rings is 2. The maximum Gasteiger partial charge on any atom is 0.348 e. The van der Waals surface area contributed by atoms with Gasteiger partial charge in [0.25, 0.3) is 11.8 Å². The molecule has 0 saturated carbocycles. The third-order valence-electron chi connectivity index (χ3n) is 6.32. The lowest BCUT2D eigenvalue weighted by molar-refractivity contribution is -0.137. The Morgan fingerprint density at radius 3 is 1.79 bits per heavy atom. The zero-order valence-corrected chi connectivity index (χ0v) is 25.3. The Kier molecular flexibility index (Phi) is 10.5. The van der Waals surface area contributed by atoms with Gasteiger partial charge in [-0.2, -0.15) is 0 Å². The van der Waals surface area contributed by atoms with Crippen LogP contribution in [0.15, 0.2) is 45.3 Å². The van der Waals surface area contributed by atoms with Crippen LogP contribution in [0.5, 0.6) is 0 Å². The zero-order valence-electron chi connectivity index (χ0n) is 21.3. The van der Waals surface area contributed by atoms with Gasteiger partial charge in [0, 0.05) is 21.8 Å². The van der Waals surface area contributed by atoms with E-state index in [1.54, 1.807) is 36.4 Å². The van der Waals surface area contributed by atoms with Gasteiger partial charge in [-0.05, 0) is 69.0 Å². The molecule has 0 aliphatic carbocycles. The fraction of sp³-hybridized carbons (Fsp3) is 0.231. The van der Waals surface area contributed by atoms with Crippen molar-refractivity contribution in [3.63, 3.8) is 0 Å². The molecule has 220 valence electrons. The number of amides is 6. The Balaban J connectivity index is 0.000000188. The second-order valence-corrected chi connectivity index (χ2v) is 10.7. The van der Waals surface area contributed by atoms with Crippen molar-refractivity contribution >= 4 is 91.6 Å². The van der Waals surface area contributed by atoms with Gasteiger partial charge in [-0.3, -0.25) is 44.3 Å². The number of esters is 2. The van der Waals surface area contributed by atoms with E-state index in [0.717, 1.165) is 4.90 Å². The first-order valence-electron chi connectivity index (χ1n) is 12.0. The molecule has 0 radical (unpaired) electrons. The Hall–Kier alpha value is -3.79. The normalized spacial score (nSPS) is 20.6. The zero-order chi connectivity index (χ0) is 30.0. The summed E-state index contributed by atoms with van der Waals surface area (Å²) in [5.74, 6) is -3.73. The summed E-state index contributed by atoms with van der Waals surface area (Å²) in [7, 11) is 0. The van der Waals surface area contributed by atoms with E-state index < -0.39 is 41.7 Å². The molecular weight excluding hydrogens is 708 g/mol. The predicted molar refractivity (Wildman–Crippen MR) is 152 cm³/mol. The SMILES string of the molecule is Cl.NC1CCC(=O)NC1=O.O=C1CCC(N2C(=O)c3cccc(Br)c3C2=O)C(=O)N1.O=C1OC(=O)c2c(Br)cccc21. The van der Waals surface area contributed by atoms with Gasteiger partial charge in [-0.15, -0.1) is 12.4 Å². The van der Waals surface area contributed by atoms with E-state index in [1.807, 2.05) is 0 Å². The number of carbonyl (C=O) groups is 8. The molecular formula is C26H21Br2ClN4O9. The predicted octanol–water partition coefficient (Wildman–Crippen LogP) is 1.78. The number of nitrogens with two attached hydrogens (primary N) is 1. The molecule has 0 bridgehead atoms. The molecule has 2 fully saturated rings. The van der Waals surface area contributed by atoms with Crippen molar-refractivity contribution in [3.8, 4) is 0 Å². The van der Waals surface area contributed by atoms with Gasteiger partial charge in [-0.25, -0.2) is 9.59 Å². The van der Waals surface area contributed by atoms with Gasteiger partial charge in [0.2, 0.25) is 23.6 Å². The quantitative estimate of drug-likeness (QED) is 0.221. The van der Waals surface area contributed by atoms with Crippen molar-refractivity contribution in [2.24, 2.45) is 5.73 Å². The Morgan fingerprint density at radius 2 is 1.26 bits per heavy atom. The molecule has 0 spiro atoms. The first-order valence-corrected chi connectivity index (χ1v) is 13.6. The van der Waals surface area contributed by atoms with E-state index in [9.17, 15) is 38.4 Å². The van der Waals surface area contributed by atoms with E-state index >= 15 is 0 Å². The van der Waals surface area contributed by atoms with Crippen LogP contribution in [0.3, 0.4) is 0 Å². The van der Waals surface area contributed by atoms with Gasteiger partial charge < -0.3 is 10.5 Å². The number of cyclic esters (lactones) is 2. The first-order chi connectivity index (χ1) is 19.4. The first kappa shape index (κ1) is 32.7. The average molecular weight is 729 g/mol. The number of fused-ring (bicyclic) bond motifs is 2. The molecule has 42 heavy (non-hydrogen) atoms.